The Balaban J connectivity index is 3.07. The highest BCUT2D eigenvalue weighted by molar-refractivity contribution is 5.95. The van der Waals surface area contributed by atoms with Crippen molar-refractivity contribution in [3.63, 3.8) is 0 Å². The zero-order valence-electron chi connectivity index (χ0n) is 11.0. The first-order valence-corrected chi connectivity index (χ1v) is 5.59. The van der Waals surface area contributed by atoms with E-state index in [1.807, 2.05) is 0 Å². The quantitative estimate of drug-likeness (QED) is 0.592. The fourth-order valence-electron chi connectivity index (χ4n) is 1.33. The van der Waals surface area contributed by atoms with Crippen molar-refractivity contribution in [2.75, 3.05) is 20.8 Å². The normalized spacial score (nSPS) is 10.3. The number of hydrogen-bond donors (Lipinski definition) is 0. The van der Waals surface area contributed by atoms with Gasteiger partial charge >= 0.3 is 11.9 Å². The molecule has 0 saturated carbocycles. The third kappa shape index (κ3) is 4.09. The van der Waals surface area contributed by atoms with Crippen molar-refractivity contribution < 1.29 is 23.8 Å². The van der Waals surface area contributed by atoms with E-state index in [-0.39, 0.29) is 12.2 Å². The lowest BCUT2D eigenvalue weighted by Gasteiger charge is -2.05. The van der Waals surface area contributed by atoms with Crippen LogP contribution in [0.25, 0.3) is 6.08 Å². The summed E-state index contributed by atoms with van der Waals surface area (Å²) in [6, 6.07) is 1.53. The van der Waals surface area contributed by atoms with Crippen molar-refractivity contribution in [1.29, 1.82) is 0 Å². The molecule has 0 amide bonds. The summed E-state index contributed by atoms with van der Waals surface area (Å²) in [5.41, 5.74) is 0.704. The second-order valence-corrected chi connectivity index (χ2v) is 3.39. The fourth-order valence-corrected chi connectivity index (χ4v) is 1.33. The molecule has 1 rings (SSSR count). The first-order chi connectivity index (χ1) is 9.12. The Bertz CT molecular complexity index is 496. The molecular weight excluding hydrogens is 250 g/mol. The third-order valence-corrected chi connectivity index (χ3v) is 2.21. The summed E-state index contributed by atoms with van der Waals surface area (Å²) >= 11 is 0. The first-order valence-electron chi connectivity index (χ1n) is 5.59. The van der Waals surface area contributed by atoms with Gasteiger partial charge in [0.05, 0.1) is 26.4 Å². The van der Waals surface area contributed by atoms with E-state index in [0.717, 1.165) is 0 Å². The van der Waals surface area contributed by atoms with Crippen LogP contribution in [0.15, 0.2) is 18.3 Å². The summed E-state index contributed by atoms with van der Waals surface area (Å²) in [4.78, 5) is 26.7. The molecule has 0 spiro atoms. The molecule has 1 heterocycles. The monoisotopic (exact) mass is 265 g/mol. The second-order valence-electron chi connectivity index (χ2n) is 3.39. The largest absolute Gasteiger partial charge is 0.481 e. The molecule has 1 aromatic rings. The molecule has 19 heavy (non-hydrogen) atoms. The molecule has 0 aromatic carbocycles. The number of ether oxygens (including phenoxy) is 3. The maximum Gasteiger partial charge on any atom is 0.340 e. The van der Waals surface area contributed by atoms with Crippen molar-refractivity contribution in [2.24, 2.45) is 0 Å². The number of nitrogens with zero attached hydrogens (tertiary/aromatic N) is 1. The van der Waals surface area contributed by atoms with Gasteiger partial charge in [-0.15, -0.1) is 0 Å². The van der Waals surface area contributed by atoms with E-state index >= 15 is 0 Å². The van der Waals surface area contributed by atoms with Gasteiger partial charge in [0.2, 0.25) is 5.88 Å². The minimum atomic E-state index is -0.543. The highest BCUT2D eigenvalue weighted by atomic mass is 16.5. The molecule has 6 nitrogen and oxygen atoms in total. The van der Waals surface area contributed by atoms with Crippen LogP contribution in [0.1, 0.15) is 22.8 Å². The summed E-state index contributed by atoms with van der Waals surface area (Å²) in [6.45, 7) is 1.99. The molecule has 1 aromatic heterocycles. The van der Waals surface area contributed by atoms with Crippen LogP contribution in [0.2, 0.25) is 0 Å². The van der Waals surface area contributed by atoms with Gasteiger partial charge in [-0.2, -0.15) is 0 Å². The lowest BCUT2D eigenvalue weighted by Crippen LogP contribution is -2.05. The van der Waals surface area contributed by atoms with Gasteiger partial charge in [0, 0.05) is 18.3 Å². The number of aromatic nitrogens is 1. The number of pyridine rings is 1. The van der Waals surface area contributed by atoms with Crippen LogP contribution in [0, 0.1) is 0 Å². The molecule has 0 radical (unpaired) electrons. The average molecular weight is 265 g/mol. The third-order valence-electron chi connectivity index (χ3n) is 2.21. The summed E-state index contributed by atoms with van der Waals surface area (Å²) in [5, 5.41) is 0. The van der Waals surface area contributed by atoms with Crippen LogP contribution in [-0.4, -0.2) is 37.7 Å². The minimum absolute atomic E-state index is 0.240. The second kappa shape index (κ2) is 7.15. The van der Waals surface area contributed by atoms with Crippen LogP contribution >= 0.6 is 0 Å². The van der Waals surface area contributed by atoms with Gasteiger partial charge in [0.15, 0.2) is 0 Å². The molecule has 102 valence electrons. The molecule has 6 heteroatoms. The molecule has 0 fully saturated rings. The molecule has 0 aliphatic rings. The van der Waals surface area contributed by atoms with Gasteiger partial charge in [-0.3, -0.25) is 0 Å². The van der Waals surface area contributed by atoms with Crippen LogP contribution in [0.5, 0.6) is 5.88 Å². The molecule has 0 N–H and O–H groups in total. The standard InChI is InChI=1S/C13H15NO5/c1-4-19-12(15)6-5-9-7-11(17-2)14-8-10(9)13(16)18-3/h5-8H,4H2,1-3H3. The SMILES string of the molecule is CCOC(=O)C=Cc1cc(OC)ncc1C(=O)OC. The Hall–Kier alpha value is -2.37. The number of hydrogen-bond acceptors (Lipinski definition) is 6. The lowest BCUT2D eigenvalue weighted by molar-refractivity contribution is -0.137. The minimum Gasteiger partial charge on any atom is -0.481 e. The Morgan fingerprint density at radius 3 is 2.68 bits per heavy atom. The van der Waals surface area contributed by atoms with E-state index in [1.165, 1.54) is 38.6 Å². The number of esters is 2. The van der Waals surface area contributed by atoms with E-state index in [4.69, 9.17) is 9.47 Å². The summed E-state index contributed by atoms with van der Waals surface area (Å²) in [7, 11) is 2.73. The maximum atomic E-state index is 11.6. The average Bonchev–Trinajstić information content (AvgIpc) is 2.44. The van der Waals surface area contributed by atoms with Gasteiger partial charge in [-0.25, -0.2) is 14.6 Å². The van der Waals surface area contributed by atoms with Crippen molar-refractivity contribution in [2.45, 2.75) is 6.92 Å². The Labute approximate surface area is 111 Å². The van der Waals surface area contributed by atoms with Gasteiger partial charge in [-0.05, 0) is 18.6 Å². The number of carbonyl (C=O) groups excluding carboxylic acids is 2. The van der Waals surface area contributed by atoms with Crippen molar-refractivity contribution >= 4 is 18.0 Å². The van der Waals surface area contributed by atoms with E-state index in [9.17, 15) is 9.59 Å². The molecule has 0 aliphatic carbocycles. The Morgan fingerprint density at radius 2 is 2.11 bits per heavy atom. The smallest absolute Gasteiger partial charge is 0.340 e. The van der Waals surface area contributed by atoms with E-state index < -0.39 is 11.9 Å². The summed E-state index contributed by atoms with van der Waals surface area (Å²) in [6.07, 6.45) is 4.01. The van der Waals surface area contributed by atoms with E-state index in [2.05, 4.69) is 9.72 Å². The molecule has 0 unspecified atom stereocenters. The predicted molar refractivity (Wildman–Crippen MR) is 67.8 cm³/mol. The van der Waals surface area contributed by atoms with Crippen LogP contribution < -0.4 is 4.74 Å². The molecule has 0 atom stereocenters. The zero-order chi connectivity index (χ0) is 14.3. The lowest BCUT2D eigenvalue weighted by atomic mass is 10.1. The summed E-state index contributed by atoms with van der Waals surface area (Å²) < 4.78 is 14.4. The van der Waals surface area contributed by atoms with Crippen LogP contribution in [-0.2, 0) is 14.3 Å². The number of carbonyl (C=O) groups is 2. The van der Waals surface area contributed by atoms with Crippen molar-refractivity contribution in [1.82, 2.24) is 4.98 Å². The number of rotatable bonds is 5. The van der Waals surface area contributed by atoms with Gasteiger partial charge in [0.1, 0.15) is 0 Å². The van der Waals surface area contributed by atoms with Gasteiger partial charge in [0.25, 0.3) is 0 Å². The first kappa shape index (κ1) is 14.7. The molecule has 0 saturated heterocycles. The van der Waals surface area contributed by atoms with E-state index in [0.29, 0.717) is 11.4 Å². The maximum absolute atomic E-state index is 11.6. The van der Waals surface area contributed by atoms with Crippen molar-refractivity contribution in [3.8, 4) is 5.88 Å². The Morgan fingerprint density at radius 1 is 1.37 bits per heavy atom. The highest BCUT2D eigenvalue weighted by Gasteiger charge is 2.12. The van der Waals surface area contributed by atoms with Gasteiger partial charge < -0.3 is 14.2 Å². The van der Waals surface area contributed by atoms with Gasteiger partial charge in [-0.1, -0.05) is 0 Å². The molecular formula is C13H15NO5. The Kier molecular flexibility index (Phi) is 5.53. The predicted octanol–water partition coefficient (Wildman–Crippen LogP) is 1.45. The number of methoxy groups -OCH3 is 2. The zero-order valence-corrected chi connectivity index (χ0v) is 11.0. The highest BCUT2D eigenvalue weighted by Crippen LogP contribution is 2.17. The topological polar surface area (TPSA) is 74.7 Å². The summed E-state index contributed by atoms with van der Waals surface area (Å²) in [5.74, 6) is -0.705. The van der Waals surface area contributed by atoms with Crippen LogP contribution in [0.3, 0.4) is 0 Å². The van der Waals surface area contributed by atoms with Crippen LogP contribution in [0.4, 0.5) is 0 Å². The molecule has 0 bridgehead atoms. The molecule has 0 aliphatic heterocycles. The fraction of sp³-hybridized carbons (Fsp3) is 0.308. The van der Waals surface area contributed by atoms with Crippen molar-refractivity contribution in [3.05, 3.63) is 29.5 Å². The van der Waals surface area contributed by atoms with E-state index in [1.54, 1.807) is 6.92 Å².